The lowest BCUT2D eigenvalue weighted by molar-refractivity contribution is 1.04. The van der Waals surface area contributed by atoms with Crippen LogP contribution in [0.4, 0.5) is 0 Å². The number of fused-ring (bicyclic) bond motifs is 3. The van der Waals surface area contributed by atoms with E-state index in [-0.39, 0.29) is 84.4 Å². The Morgan fingerprint density at radius 1 is 0.548 bits per heavy atom. The van der Waals surface area contributed by atoms with Crippen LogP contribution in [-0.2, 0) is 0 Å². The summed E-state index contributed by atoms with van der Waals surface area (Å²) >= 11 is 0. The molecule has 0 atom stereocenters. The molecule has 0 N–H and O–H groups in total. The van der Waals surface area contributed by atoms with E-state index in [1.54, 1.807) is 0 Å². The largest absolute Gasteiger partial charge is 0.274 e. The van der Waals surface area contributed by atoms with Gasteiger partial charge in [0.25, 0.3) is 5.70 Å². The lowest BCUT2D eigenvalue weighted by Gasteiger charge is -2.08. The van der Waals surface area contributed by atoms with Crippen molar-refractivity contribution in [3.63, 3.8) is 0 Å². The smallest absolute Gasteiger partial charge is 0.239 e. The fraction of sp³-hybridized carbons (Fsp3) is 0. The van der Waals surface area contributed by atoms with Gasteiger partial charge >= 0.3 is 0 Å². The summed E-state index contributed by atoms with van der Waals surface area (Å²) in [7, 11) is 0. The molecule has 42 heavy (non-hydrogen) atoms. The summed E-state index contributed by atoms with van der Waals surface area (Å²) in [6.07, 6.45) is 8.66. The van der Waals surface area contributed by atoms with E-state index >= 15 is 0 Å². The molecule has 3 aliphatic rings. The second kappa shape index (κ2) is 9.53. The molecular formula is C25H7N17. The zero-order valence-corrected chi connectivity index (χ0v) is 20.6. The first-order valence-corrected chi connectivity index (χ1v) is 11.7. The van der Waals surface area contributed by atoms with Crippen LogP contribution >= 0.6 is 0 Å². The maximum absolute atomic E-state index is 10.2. The van der Waals surface area contributed by atoms with Crippen LogP contribution in [0.1, 0.15) is 17.2 Å². The third kappa shape index (κ3) is 3.94. The third-order valence-corrected chi connectivity index (χ3v) is 5.70. The zero-order valence-electron chi connectivity index (χ0n) is 20.6. The summed E-state index contributed by atoms with van der Waals surface area (Å²) < 4.78 is 0. The molecule has 0 saturated carbocycles. The maximum Gasteiger partial charge on any atom is 0.274 e. The molecule has 7 heterocycles. The number of hydrogen-bond acceptors (Lipinski definition) is 16. The van der Waals surface area contributed by atoms with E-state index in [9.17, 15) is 10.5 Å². The quantitative estimate of drug-likeness (QED) is 0.196. The molecule has 17 nitrogen and oxygen atoms in total. The minimum Gasteiger partial charge on any atom is -0.239 e. The van der Waals surface area contributed by atoms with E-state index in [1.165, 1.54) is 43.2 Å². The second-order valence-corrected chi connectivity index (χ2v) is 8.15. The van der Waals surface area contributed by atoms with Crippen molar-refractivity contribution in [1.82, 2.24) is 39.9 Å². The molecule has 0 saturated heterocycles. The van der Waals surface area contributed by atoms with Crippen LogP contribution in [0.25, 0.3) is 21.7 Å². The zero-order chi connectivity index (χ0) is 28.6. The highest BCUT2D eigenvalue weighted by Gasteiger charge is 2.24. The van der Waals surface area contributed by atoms with Gasteiger partial charge in [-0.05, 0) is 6.07 Å². The molecule has 0 bridgehead atoms. The van der Waals surface area contributed by atoms with Gasteiger partial charge < -0.3 is 0 Å². The van der Waals surface area contributed by atoms with Crippen molar-refractivity contribution < 1.29 is 0 Å². The Kier molecular flexibility index (Phi) is 5.42. The van der Waals surface area contributed by atoms with Crippen molar-refractivity contribution in [2.45, 2.75) is 0 Å². The monoisotopic (exact) mass is 545 g/mol. The molecule has 0 fully saturated rings. The normalized spacial score (nSPS) is 13.2. The lowest BCUT2D eigenvalue weighted by Crippen LogP contribution is -2.27. The highest BCUT2D eigenvalue weighted by Crippen LogP contribution is 2.28. The van der Waals surface area contributed by atoms with E-state index in [4.69, 9.17) is 6.57 Å². The molecule has 192 valence electrons. The average Bonchev–Trinajstić information content (AvgIpc) is 3.75. The van der Waals surface area contributed by atoms with Gasteiger partial charge in [0.15, 0.2) is 56.2 Å². The molecule has 0 aromatic carbocycles. The first-order valence-electron chi connectivity index (χ1n) is 11.7. The lowest BCUT2D eigenvalue weighted by atomic mass is 10.1. The molecule has 7 rings (SSSR count). The van der Waals surface area contributed by atoms with Gasteiger partial charge in [-0.2, -0.15) is 10.5 Å². The van der Waals surface area contributed by atoms with Crippen LogP contribution in [0, 0.1) is 29.2 Å². The Hall–Kier alpha value is -7.19. The van der Waals surface area contributed by atoms with Crippen molar-refractivity contribution in [2.75, 3.05) is 0 Å². The van der Waals surface area contributed by atoms with Crippen molar-refractivity contribution >= 4 is 16.8 Å². The summed E-state index contributed by atoms with van der Waals surface area (Å²) in [5.74, 6) is -0.249. The van der Waals surface area contributed by atoms with Gasteiger partial charge in [-0.1, -0.05) is 0 Å². The Bertz CT molecular complexity index is 2100. The fourth-order valence-corrected chi connectivity index (χ4v) is 3.90. The highest BCUT2D eigenvalue weighted by atomic mass is 15.1. The first kappa shape index (κ1) is 23.9. The van der Waals surface area contributed by atoms with Gasteiger partial charge in [0, 0.05) is 37.2 Å². The van der Waals surface area contributed by atoms with Crippen molar-refractivity contribution in [1.29, 1.82) is 10.5 Å². The van der Waals surface area contributed by atoms with E-state index < -0.39 is 0 Å². The van der Waals surface area contributed by atoms with Crippen LogP contribution in [0.5, 0.6) is 0 Å². The molecule has 17 heteroatoms. The Morgan fingerprint density at radius 2 is 0.881 bits per heavy atom. The number of rotatable bonds is 3. The average molecular weight is 545 g/mol. The van der Waals surface area contributed by atoms with Gasteiger partial charge in [0.05, 0.1) is 18.0 Å². The topological polar surface area (TPSA) is 229 Å². The Morgan fingerprint density at radius 3 is 1.19 bits per heavy atom. The molecular weight excluding hydrogens is 538 g/mol. The van der Waals surface area contributed by atoms with Gasteiger partial charge in [0.1, 0.15) is 23.3 Å². The van der Waals surface area contributed by atoms with Crippen LogP contribution in [0.2, 0.25) is 0 Å². The minimum atomic E-state index is -0.187. The maximum atomic E-state index is 10.2. The molecule has 0 spiro atoms. The molecule has 4 aromatic rings. The molecule has 0 amide bonds. The predicted molar refractivity (Wildman–Crippen MR) is 134 cm³/mol. The van der Waals surface area contributed by atoms with Crippen molar-refractivity contribution in [2.24, 2.45) is 30.0 Å². The number of allylic oxidation sites excluding steroid dienone is 2. The van der Waals surface area contributed by atoms with Crippen LogP contribution in [-0.4, -0.2) is 39.9 Å². The fourth-order valence-electron chi connectivity index (χ4n) is 3.90. The van der Waals surface area contributed by atoms with E-state index in [1.807, 2.05) is 0 Å². The van der Waals surface area contributed by atoms with E-state index in [0.717, 1.165) is 0 Å². The summed E-state index contributed by atoms with van der Waals surface area (Å²) in [6, 6.07) is 5.47. The Labute approximate surface area is 231 Å². The molecule has 4 aromatic heterocycles. The van der Waals surface area contributed by atoms with Gasteiger partial charge in [-0.15, -0.1) is 0 Å². The third-order valence-electron chi connectivity index (χ3n) is 5.70. The van der Waals surface area contributed by atoms with E-state index in [2.05, 4.69) is 86.8 Å². The number of hydrogen-bond donors (Lipinski definition) is 0. The highest BCUT2D eigenvalue weighted by molar-refractivity contribution is 5.83. The van der Waals surface area contributed by atoms with Crippen LogP contribution in [0.3, 0.4) is 0 Å². The van der Waals surface area contributed by atoms with Crippen molar-refractivity contribution in [3.8, 4) is 12.1 Å². The van der Waals surface area contributed by atoms with Gasteiger partial charge in [-0.3, -0.25) is 0 Å². The summed E-state index contributed by atoms with van der Waals surface area (Å²) in [5.41, 5.74) is 0.971. The number of nitrogens with zero attached hydrogens (tertiary/aromatic N) is 17. The summed E-state index contributed by atoms with van der Waals surface area (Å²) in [5, 5.41) is 20.3. The SMILES string of the molecule is [C-]#[N+]C(=C1N=c2nccnc2=N1)c1nc(C(C#N)=C2N=c3nccnc3=N2)cc(C(C#N)=C2N=c3nccnc3=N2)n1. The van der Waals surface area contributed by atoms with Crippen LogP contribution in [0.15, 0.2) is 90.7 Å². The number of nitriles is 2. The predicted octanol–water partition coefficient (Wildman–Crippen LogP) is -2.36. The summed E-state index contributed by atoms with van der Waals surface area (Å²) in [4.78, 5) is 62.9. The molecule has 0 aliphatic carbocycles. The second-order valence-electron chi connectivity index (χ2n) is 8.15. The van der Waals surface area contributed by atoms with Gasteiger partial charge in [0.2, 0.25) is 0 Å². The standard InChI is InChI=1S/C25H7N17/c1-28-15(19-41-24-25(42-19)34-7-6-33-24)18-35-13(11(9-26)16-37-20-21(38-16)30-3-2-29-20)8-14(36-18)12(10-27)17-39-22-23(40-17)32-5-4-31-22/h2-8H. The minimum absolute atomic E-state index is 0.00132. The van der Waals surface area contributed by atoms with Gasteiger partial charge in [-0.25, -0.2) is 74.7 Å². The van der Waals surface area contributed by atoms with Crippen molar-refractivity contribution in [3.05, 3.63) is 122 Å². The summed E-state index contributed by atoms with van der Waals surface area (Å²) in [6.45, 7) is 7.89. The molecule has 3 aliphatic heterocycles. The van der Waals surface area contributed by atoms with Crippen LogP contribution < -0.4 is 32.9 Å². The van der Waals surface area contributed by atoms with E-state index in [0.29, 0.717) is 0 Å². The molecule has 0 unspecified atom stereocenters. The number of aromatic nitrogens is 8. The first-order chi connectivity index (χ1) is 20.6. The Balaban J connectivity index is 1.50. The molecule has 0 radical (unpaired) electrons.